The topological polar surface area (TPSA) is 26.0 Å². The fourth-order valence-electron chi connectivity index (χ4n) is 5.54. The summed E-state index contributed by atoms with van der Waals surface area (Å²) in [6.45, 7) is 0. The molecule has 0 spiro atoms. The predicted molar refractivity (Wildman–Crippen MR) is 116 cm³/mol. The van der Waals surface area contributed by atoms with Crippen molar-refractivity contribution in [2.75, 3.05) is 0 Å². The zero-order valence-electron chi connectivity index (χ0n) is 16.1. The molecule has 2 N–H and O–H groups in total. The Morgan fingerprint density at radius 3 is 1.96 bits per heavy atom. The Hall–Kier alpha value is -0.910. The molecule has 0 aromatic heterocycles. The second-order valence-corrected chi connectivity index (χ2v) is 11.6. The minimum Gasteiger partial charge on any atom is -0.318 e. The highest BCUT2D eigenvalue weighted by Gasteiger charge is 2.46. The van der Waals surface area contributed by atoms with E-state index in [1.165, 1.54) is 75.3 Å². The molecule has 0 saturated heterocycles. The molecule has 0 heterocycles. The largest absolute Gasteiger partial charge is 0.318 e. The van der Waals surface area contributed by atoms with E-state index in [1.807, 2.05) is 0 Å². The summed E-state index contributed by atoms with van der Waals surface area (Å²) in [7, 11) is -0.202. The predicted octanol–water partition coefficient (Wildman–Crippen LogP) is 6.83. The molecule has 1 aromatic rings. The highest BCUT2D eigenvalue weighted by Crippen LogP contribution is 2.66. The van der Waals surface area contributed by atoms with Crippen LogP contribution < -0.4 is 5.73 Å². The fraction of sp³-hybridized carbons (Fsp3) is 0.583. The normalized spacial score (nSPS) is 28.3. The van der Waals surface area contributed by atoms with Crippen molar-refractivity contribution in [1.29, 1.82) is 0 Å². The molecule has 2 heteroatoms. The van der Waals surface area contributed by atoms with Gasteiger partial charge in [0.25, 0.3) is 0 Å². The first-order chi connectivity index (χ1) is 12.8. The first-order valence-corrected chi connectivity index (χ1v) is 12.3. The van der Waals surface area contributed by atoms with Crippen molar-refractivity contribution in [3.63, 3.8) is 0 Å². The van der Waals surface area contributed by atoms with E-state index < -0.39 is 0 Å². The van der Waals surface area contributed by atoms with Crippen LogP contribution >= 0.6 is 7.92 Å². The Morgan fingerprint density at radius 1 is 0.808 bits per heavy atom. The molecule has 2 fully saturated rings. The average molecular weight is 368 g/mol. The van der Waals surface area contributed by atoms with E-state index in [4.69, 9.17) is 5.73 Å². The highest BCUT2D eigenvalue weighted by molar-refractivity contribution is 7.61. The van der Waals surface area contributed by atoms with Gasteiger partial charge in [-0.05, 0) is 54.6 Å². The third kappa shape index (κ3) is 3.71. The van der Waals surface area contributed by atoms with Crippen molar-refractivity contribution >= 4 is 13.5 Å². The number of benzene rings is 1. The summed E-state index contributed by atoms with van der Waals surface area (Å²) >= 11 is 0. The van der Waals surface area contributed by atoms with Crippen molar-refractivity contribution in [2.45, 2.75) is 87.2 Å². The molecule has 1 atom stereocenters. The molecule has 1 nitrogen and oxygen atoms in total. The maximum Gasteiger partial charge on any atom is 0.0654 e. The molecule has 3 aliphatic rings. The van der Waals surface area contributed by atoms with Crippen LogP contribution in [0, 0.1) is 0 Å². The van der Waals surface area contributed by atoms with Crippen LogP contribution in [0.5, 0.6) is 0 Å². The third-order valence-electron chi connectivity index (χ3n) is 6.78. The Kier molecular flexibility index (Phi) is 5.97. The molecule has 26 heavy (non-hydrogen) atoms. The average Bonchev–Trinajstić information content (AvgIpc) is 2.71. The number of nitrogens with two attached hydrogens (primary N) is 1. The zero-order valence-corrected chi connectivity index (χ0v) is 17.0. The first kappa shape index (κ1) is 18.5. The number of hydrogen-bond acceptors (Lipinski definition) is 1. The second kappa shape index (κ2) is 8.41. The lowest BCUT2D eigenvalue weighted by molar-refractivity contribution is 0.476. The van der Waals surface area contributed by atoms with Gasteiger partial charge >= 0.3 is 0 Å². The number of allylic oxidation sites excluding steroid dienone is 2. The van der Waals surface area contributed by atoms with E-state index in [-0.39, 0.29) is 13.2 Å². The monoisotopic (exact) mass is 367 g/mol. The maximum absolute atomic E-state index is 7.45. The van der Waals surface area contributed by atoms with Gasteiger partial charge in [-0.3, -0.25) is 0 Å². The van der Waals surface area contributed by atoms with Crippen LogP contribution in [0.15, 0.2) is 48.6 Å². The van der Waals surface area contributed by atoms with Crippen LogP contribution in [0.4, 0.5) is 0 Å². The molecule has 0 aliphatic heterocycles. The molecular formula is C24H34NP. The lowest BCUT2D eigenvalue weighted by Crippen LogP contribution is -2.45. The molecule has 0 radical (unpaired) electrons. The van der Waals surface area contributed by atoms with E-state index >= 15 is 0 Å². The molecule has 0 amide bonds. The molecule has 3 aliphatic carbocycles. The lowest BCUT2D eigenvalue weighted by Gasteiger charge is -2.50. The summed E-state index contributed by atoms with van der Waals surface area (Å²) < 4.78 is 0. The summed E-state index contributed by atoms with van der Waals surface area (Å²) in [6.07, 6.45) is 22.2. The van der Waals surface area contributed by atoms with Crippen molar-refractivity contribution in [3.8, 4) is 0 Å². The minimum atomic E-state index is -0.202. The van der Waals surface area contributed by atoms with Crippen molar-refractivity contribution in [3.05, 3.63) is 54.1 Å². The van der Waals surface area contributed by atoms with Gasteiger partial charge in [0, 0.05) is 0 Å². The van der Waals surface area contributed by atoms with Gasteiger partial charge in [-0.25, -0.2) is 0 Å². The van der Waals surface area contributed by atoms with E-state index in [0.29, 0.717) is 0 Å². The smallest absolute Gasteiger partial charge is 0.0654 e. The van der Waals surface area contributed by atoms with Crippen LogP contribution in [0.25, 0.3) is 5.57 Å². The van der Waals surface area contributed by atoms with E-state index in [2.05, 4.69) is 48.6 Å². The van der Waals surface area contributed by atoms with Crippen LogP contribution in [-0.4, -0.2) is 16.6 Å². The number of hydrogen-bond donors (Lipinski definition) is 1. The van der Waals surface area contributed by atoms with Crippen LogP contribution in [0.1, 0.15) is 76.2 Å². The minimum absolute atomic E-state index is 0.130. The summed E-state index contributed by atoms with van der Waals surface area (Å²) in [4.78, 5) is 0. The van der Waals surface area contributed by atoms with E-state index in [9.17, 15) is 0 Å². The van der Waals surface area contributed by atoms with Gasteiger partial charge in [-0.15, -0.1) is 0 Å². The summed E-state index contributed by atoms with van der Waals surface area (Å²) in [5.41, 5.74) is 12.0. The Balaban J connectivity index is 1.72. The first-order valence-electron chi connectivity index (χ1n) is 10.8. The van der Waals surface area contributed by atoms with Gasteiger partial charge in [0.2, 0.25) is 0 Å². The lowest BCUT2D eigenvalue weighted by atomic mass is 9.92. The van der Waals surface area contributed by atoms with Crippen LogP contribution in [0.3, 0.4) is 0 Å². The van der Waals surface area contributed by atoms with Crippen molar-refractivity contribution < 1.29 is 0 Å². The quantitative estimate of drug-likeness (QED) is 0.580. The standard InChI is InChI=1S/C24H34NP/c25-24(19-11-10-18-23(24)20-12-4-1-5-13-20)26(21-14-6-2-7-15-21)22-16-8-3-9-17-22/h1,4-5,10-13,18,21-22H,2-3,6-9,14-17,19,25H2. The summed E-state index contributed by atoms with van der Waals surface area (Å²) in [5.74, 6) is 0. The highest BCUT2D eigenvalue weighted by atomic mass is 31.1. The number of rotatable bonds is 4. The van der Waals surface area contributed by atoms with Gasteiger partial charge < -0.3 is 5.73 Å². The van der Waals surface area contributed by atoms with Crippen molar-refractivity contribution in [2.24, 2.45) is 5.73 Å². The molecule has 1 unspecified atom stereocenters. The molecular weight excluding hydrogens is 333 g/mol. The Morgan fingerprint density at radius 2 is 1.38 bits per heavy atom. The molecule has 140 valence electrons. The van der Waals surface area contributed by atoms with E-state index in [0.717, 1.165) is 17.7 Å². The van der Waals surface area contributed by atoms with Gasteiger partial charge in [-0.2, -0.15) is 0 Å². The zero-order chi connectivity index (χ0) is 17.8. The van der Waals surface area contributed by atoms with Gasteiger partial charge in [0.15, 0.2) is 0 Å². The molecule has 2 saturated carbocycles. The third-order valence-corrected chi connectivity index (χ3v) is 10.7. The SMILES string of the molecule is NC1(P(C2CCCCC2)C2CCCCC2)CC=CC=C1c1ccccc1. The van der Waals surface area contributed by atoms with E-state index in [1.54, 1.807) is 0 Å². The Bertz CT molecular complexity index is 619. The summed E-state index contributed by atoms with van der Waals surface area (Å²) in [5, 5.41) is -0.130. The van der Waals surface area contributed by atoms with Gasteiger partial charge in [-0.1, -0.05) is 95.0 Å². The van der Waals surface area contributed by atoms with Crippen molar-refractivity contribution in [1.82, 2.24) is 0 Å². The maximum atomic E-state index is 7.45. The summed E-state index contributed by atoms with van der Waals surface area (Å²) in [6, 6.07) is 11.0. The van der Waals surface area contributed by atoms with Gasteiger partial charge in [0.05, 0.1) is 5.28 Å². The molecule has 1 aromatic carbocycles. The fourth-order valence-corrected chi connectivity index (χ4v) is 10.1. The van der Waals surface area contributed by atoms with Crippen LogP contribution in [-0.2, 0) is 0 Å². The van der Waals surface area contributed by atoms with Gasteiger partial charge in [0.1, 0.15) is 0 Å². The second-order valence-electron chi connectivity index (χ2n) is 8.49. The molecule has 4 rings (SSSR count). The Labute approximate surface area is 160 Å². The van der Waals surface area contributed by atoms with Crippen LogP contribution in [0.2, 0.25) is 0 Å². The molecule has 0 bridgehead atoms.